The Labute approximate surface area is 189 Å². The Morgan fingerprint density at radius 3 is 2.53 bits per heavy atom. The molecule has 32 heavy (non-hydrogen) atoms. The van der Waals surface area contributed by atoms with Crippen molar-refractivity contribution in [1.29, 1.82) is 0 Å². The number of para-hydroxylation sites is 2. The van der Waals surface area contributed by atoms with Gasteiger partial charge in [0.15, 0.2) is 0 Å². The molecule has 4 rings (SSSR count). The van der Waals surface area contributed by atoms with Crippen molar-refractivity contribution < 1.29 is 19.1 Å². The summed E-state index contributed by atoms with van der Waals surface area (Å²) in [7, 11) is 3.75. The third kappa shape index (κ3) is 4.72. The summed E-state index contributed by atoms with van der Waals surface area (Å²) >= 11 is 0. The van der Waals surface area contributed by atoms with E-state index in [1.165, 1.54) is 0 Å². The van der Waals surface area contributed by atoms with Crippen LogP contribution in [-0.4, -0.2) is 80.0 Å². The molecule has 0 N–H and O–H groups in total. The van der Waals surface area contributed by atoms with E-state index in [-0.39, 0.29) is 17.9 Å². The largest absolute Gasteiger partial charge is 0.496 e. The number of amides is 2. The molecular weight excluding hydrogens is 406 g/mol. The molecule has 7 heteroatoms. The normalized spacial score (nSPS) is 19.3. The van der Waals surface area contributed by atoms with Crippen LogP contribution in [-0.2, 0) is 4.79 Å². The first-order valence-corrected chi connectivity index (χ1v) is 11.2. The number of benzene rings is 2. The van der Waals surface area contributed by atoms with Crippen molar-refractivity contribution in [1.82, 2.24) is 14.7 Å². The van der Waals surface area contributed by atoms with Gasteiger partial charge in [-0.25, -0.2) is 0 Å². The molecule has 2 fully saturated rings. The molecule has 2 aliphatic rings. The van der Waals surface area contributed by atoms with Crippen LogP contribution in [0.25, 0.3) is 0 Å². The summed E-state index contributed by atoms with van der Waals surface area (Å²) in [5.41, 5.74) is 1.64. The van der Waals surface area contributed by atoms with Gasteiger partial charge >= 0.3 is 0 Å². The molecule has 170 valence electrons. The third-order valence-electron chi connectivity index (χ3n) is 6.34. The fourth-order valence-electron chi connectivity index (χ4n) is 4.48. The second-order valence-corrected chi connectivity index (χ2v) is 8.32. The third-order valence-corrected chi connectivity index (χ3v) is 6.34. The number of piperazine rings is 1. The highest BCUT2D eigenvalue weighted by molar-refractivity contribution is 5.97. The number of likely N-dealkylation sites (tertiary alicyclic amines) is 1. The van der Waals surface area contributed by atoms with Crippen LogP contribution in [0.15, 0.2) is 48.5 Å². The highest BCUT2D eigenvalue weighted by atomic mass is 16.5. The molecule has 0 aromatic heterocycles. The topological polar surface area (TPSA) is 62.3 Å². The lowest BCUT2D eigenvalue weighted by molar-refractivity contribution is -0.128. The first kappa shape index (κ1) is 22.1. The van der Waals surface area contributed by atoms with Gasteiger partial charge in [-0.05, 0) is 31.7 Å². The maximum Gasteiger partial charge on any atom is 0.257 e. The number of ether oxygens (including phenoxy) is 2. The van der Waals surface area contributed by atoms with Gasteiger partial charge in [-0.2, -0.15) is 0 Å². The Balaban J connectivity index is 1.46. The van der Waals surface area contributed by atoms with Gasteiger partial charge in [0.2, 0.25) is 5.91 Å². The molecule has 0 bridgehead atoms. The number of hydrogen-bond acceptors (Lipinski definition) is 5. The standard InChI is InChI=1S/C25H31N3O4/c1-26-14-15-28(18-21(26)19-8-3-5-10-22(19)31-2)25(30)20-9-4-6-11-23(20)32-17-16-27-13-7-12-24(27)29/h3-6,8-11,21H,7,12-18H2,1-2H3. The van der Waals surface area contributed by atoms with E-state index < -0.39 is 0 Å². The lowest BCUT2D eigenvalue weighted by Gasteiger charge is -2.40. The van der Waals surface area contributed by atoms with E-state index >= 15 is 0 Å². The second kappa shape index (κ2) is 10.0. The molecule has 0 spiro atoms. The zero-order valence-corrected chi connectivity index (χ0v) is 18.8. The van der Waals surface area contributed by atoms with Crippen molar-refractivity contribution in [2.24, 2.45) is 0 Å². The van der Waals surface area contributed by atoms with Gasteiger partial charge in [0.05, 0.1) is 25.3 Å². The molecule has 7 nitrogen and oxygen atoms in total. The van der Waals surface area contributed by atoms with Crippen LogP contribution in [0.5, 0.6) is 11.5 Å². The van der Waals surface area contributed by atoms with E-state index in [1.807, 2.05) is 52.3 Å². The van der Waals surface area contributed by atoms with Crippen molar-refractivity contribution >= 4 is 11.8 Å². The fourth-order valence-corrected chi connectivity index (χ4v) is 4.48. The van der Waals surface area contributed by atoms with Crippen molar-refractivity contribution in [3.8, 4) is 11.5 Å². The number of carbonyl (C=O) groups excluding carboxylic acids is 2. The zero-order chi connectivity index (χ0) is 22.5. The molecule has 2 amide bonds. The number of rotatable bonds is 7. The molecule has 2 heterocycles. The Morgan fingerprint density at radius 2 is 1.78 bits per heavy atom. The van der Waals surface area contributed by atoms with Crippen molar-refractivity contribution in [2.45, 2.75) is 18.9 Å². The molecule has 0 radical (unpaired) electrons. The van der Waals surface area contributed by atoms with Crippen LogP contribution < -0.4 is 9.47 Å². The first-order chi connectivity index (χ1) is 15.6. The average Bonchev–Trinajstić information content (AvgIpc) is 3.24. The molecule has 2 aromatic carbocycles. The summed E-state index contributed by atoms with van der Waals surface area (Å²) in [6.45, 7) is 3.71. The molecule has 2 aromatic rings. The summed E-state index contributed by atoms with van der Waals surface area (Å²) in [5, 5.41) is 0. The van der Waals surface area contributed by atoms with Gasteiger partial charge < -0.3 is 19.3 Å². The lowest BCUT2D eigenvalue weighted by atomic mass is 10.0. The number of carbonyl (C=O) groups is 2. The molecule has 2 aliphatic heterocycles. The smallest absolute Gasteiger partial charge is 0.257 e. The van der Waals surface area contributed by atoms with Gasteiger partial charge in [0.1, 0.15) is 18.1 Å². The quantitative estimate of drug-likeness (QED) is 0.667. The van der Waals surface area contributed by atoms with Crippen molar-refractivity contribution in [3.63, 3.8) is 0 Å². The number of hydrogen-bond donors (Lipinski definition) is 0. The predicted octanol–water partition coefficient (Wildman–Crippen LogP) is 2.83. The highest BCUT2D eigenvalue weighted by Gasteiger charge is 2.31. The Kier molecular flexibility index (Phi) is 6.95. The van der Waals surface area contributed by atoms with Crippen molar-refractivity contribution in [3.05, 3.63) is 59.7 Å². The Hall–Kier alpha value is -3.06. The van der Waals surface area contributed by atoms with E-state index in [1.54, 1.807) is 7.11 Å². The summed E-state index contributed by atoms with van der Waals surface area (Å²) in [4.78, 5) is 31.3. The van der Waals surface area contributed by atoms with Gasteiger partial charge in [-0.1, -0.05) is 30.3 Å². The maximum atomic E-state index is 13.5. The lowest BCUT2D eigenvalue weighted by Crippen LogP contribution is -2.49. The molecular formula is C25H31N3O4. The van der Waals surface area contributed by atoms with Crippen LogP contribution in [0.2, 0.25) is 0 Å². The fraction of sp³-hybridized carbons (Fsp3) is 0.440. The number of likely N-dealkylation sites (N-methyl/N-ethyl adjacent to an activating group) is 1. The van der Waals surface area contributed by atoms with E-state index in [2.05, 4.69) is 18.0 Å². The van der Waals surface area contributed by atoms with E-state index in [0.29, 0.717) is 44.0 Å². The van der Waals surface area contributed by atoms with Gasteiger partial charge in [-0.3, -0.25) is 14.5 Å². The summed E-state index contributed by atoms with van der Waals surface area (Å²) in [5.74, 6) is 1.54. The van der Waals surface area contributed by atoms with Crippen LogP contribution in [0.1, 0.15) is 34.8 Å². The highest BCUT2D eigenvalue weighted by Crippen LogP contribution is 2.32. The molecule has 0 saturated carbocycles. The zero-order valence-electron chi connectivity index (χ0n) is 18.8. The van der Waals surface area contributed by atoms with Crippen LogP contribution in [0.4, 0.5) is 0 Å². The second-order valence-electron chi connectivity index (χ2n) is 8.32. The van der Waals surface area contributed by atoms with Crippen molar-refractivity contribution in [2.75, 3.05) is 53.5 Å². The molecule has 0 aliphatic carbocycles. The number of nitrogens with zero attached hydrogens (tertiary/aromatic N) is 3. The Morgan fingerprint density at radius 1 is 1.03 bits per heavy atom. The minimum absolute atomic E-state index is 0.0363. The molecule has 1 unspecified atom stereocenters. The summed E-state index contributed by atoms with van der Waals surface area (Å²) in [6, 6.07) is 15.4. The maximum absolute atomic E-state index is 13.5. The minimum atomic E-state index is -0.0363. The Bertz CT molecular complexity index is 964. The minimum Gasteiger partial charge on any atom is -0.496 e. The molecule has 1 atom stereocenters. The first-order valence-electron chi connectivity index (χ1n) is 11.2. The van der Waals surface area contributed by atoms with E-state index in [4.69, 9.17) is 9.47 Å². The number of methoxy groups -OCH3 is 1. The monoisotopic (exact) mass is 437 g/mol. The predicted molar refractivity (Wildman–Crippen MR) is 122 cm³/mol. The van der Waals surface area contributed by atoms with Crippen LogP contribution in [0.3, 0.4) is 0 Å². The van der Waals surface area contributed by atoms with E-state index in [9.17, 15) is 9.59 Å². The van der Waals surface area contributed by atoms with E-state index in [0.717, 1.165) is 30.8 Å². The SMILES string of the molecule is COc1ccccc1C1CN(C(=O)c2ccccc2OCCN2CCCC2=O)CCN1C. The van der Waals surface area contributed by atoms with Crippen LogP contribution >= 0.6 is 0 Å². The van der Waals surface area contributed by atoms with Gasteiger partial charge in [0.25, 0.3) is 5.91 Å². The average molecular weight is 438 g/mol. The summed E-state index contributed by atoms with van der Waals surface area (Å²) in [6.07, 6.45) is 1.52. The van der Waals surface area contributed by atoms with Crippen LogP contribution in [0, 0.1) is 0 Å². The van der Waals surface area contributed by atoms with Gasteiger partial charge in [0, 0.05) is 38.2 Å². The summed E-state index contributed by atoms with van der Waals surface area (Å²) < 4.78 is 11.5. The van der Waals surface area contributed by atoms with Gasteiger partial charge in [-0.15, -0.1) is 0 Å². The molecule has 2 saturated heterocycles.